The molecule has 0 atom stereocenters. The van der Waals surface area contributed by atoms with Crippen molar-refractivity contribution in [1.82, 2.24) is 20.5 Å². The van der Waals surface area contributed by atoms with Gasteiger partial charge < -0.3 is 30.7 Å². The molecule has 0 aliphatic carbocycles. The summed E-state index contributed by atoms with van der Waals surface area (Å²) in [6, 6.07) is 17.7. The molecule has 0 radical (unpaired) electrons. The number of benzene rings is 2. The molecular weight excluding hydrogens is 418 g/mol. The van der Waals surface area contributed by atoms with E-state index in [-0.39, 0.29) is 5.88 Å². The predicted octanol–water partition coefficient (Wildman–Crippen LogP) is 3.64. The molecule has 1 aliphatic rings. The monoisotopic (exact) mass is 443 g/mol. The molecule has 0 amide bonds. The fourth-order valence-corrected chi connectivity index (χ4v) is 3.95. The Bertz CT molecular complexity index is 1260. The summed E-state index contributed by atoms with van der Waals surface area (Å²) in [5, 5.41) is 29.2. The molecule has 4 aromatic rings. The summed E-state index contributed by atoms with van der Waals surface area (Å²) in [5.41, 5.74) is 2.84. The molecule has 0 spiro atoms. The highest BCUT2D eigenvalue weighted by Gasteiger charge is 2.15. The average molecular weight is 444 g/mol. The number of rotatable bonds is 6. The van der Waals surface area contributed by atoms with Crippen LogP contribution in [0.3, 0.4) is 0 Å². The van der Waals surface area contributed by atoms with E-state index in [0.29, 0.717) is 28.2 Å². The number of ether oxygens (including phenoxy) is 1. The van der Waals surface area contributed by atoms with E-state index < -0.39 is 0 Å². The first-order chi connectivity index (χ1) is 16.2. The molecule has 1 fully saturated rings. The molecule has 1 aliphatic heterocycles. The zero-order valence-electron chi connectivity index (χ0n) is 18.2. The molecular formula is C24H25N7O2. The lowest BCUT2D eigenvalue weighted by Crippen LogP contribution is -2.43. The number of hydrogen-bond donors (Lipinski definition) is 4. The van der Waals surface area contributed by atoms with Crippen molar-refractivity contribution in [3.05, 3.63) is 60.8 Å². The topological polar surface area (TPSA) is 107 Å². The standard InChI is InChI=1S/C24H25N7O2/c1-33-20-5-3-2-4-19(20)28-23-22-16(15-26-30-24(22)32)14-21(29-23)27-17-6-8-18(9-7-17)31-12-10-25-11-13-31/h2-9,14-15,25H,10-13H2,1H3,(H,30,32)(H2,27,28,29). The number of para-hydroxylation sites is 2. The quantitative estimate of drug-likeness (QED) is 0.355. The minimum Gasteiger partial charge on any atom is -0.495 e. The van der Waals surface area contributed by atoms with Crippen molar-refractivity contribution in [2.45, 2.75) is 0 Å². The second-order valence-electron chi connectivity index (χ2n) is 7.72. The number of pyridine rings is 1. The molecule has 5 rings (SSSR count). The zero-order valence-corrected chi connectivity index (χ0v) is 18.2. The largest absolute Gasteiger partial charge is 0.495 e. The minimum atomic E-state index is -0.190. The Kier molecular flexibility index (Phi) is 5.77. The Morgan fingerprint density at radius 3 is 2.61 bits per heavy atom. The van der Waals surface area contributed by atoms with Gasteiger partial charge in [-0.15, -0.1) is 5.10 Å². The number of methoxy groups -OCH3 is 1. The summed E-state index contributed by atoms with van der Waals surface area (Å²) in [7, 11) is 1.61. The molecule has 9 heteroatoms. The van der Waals surface area contributed by atoms with Gasteiger partial charge in [0.1, 0.15) is 17.4 Å². The molecule has 2 aromatic carbocycles. The van der Waals surface area contributed by atoms with Crippen molar-refractivity contribution in [3.63, 3.8) is 0 Å². The maximum atomic E-state index is 10.4. The molecule has 0 unspecified atom stereocenters. The number of aromatic hydroxyl groups is 1. The predicted molar refractivity (Wildman–Crippen MR) is 130 cm³/mol. The van der Waals surface area contributed by atoms with Crippen LogP contribution in [0, 0.1) is 0 Å². The number of aromatic nitrogens is 3. The van der Waals surface area contributed by atoms with E-state index >= 15 is 0 Å². The van der Waals surface area contributed by atoms with Crippen molar-refractivity contribution >= 4 is 39.5 Å². The van der Waals surface area contributed by atoms with E-state index in [9.17, 15) is 5.11 Å². The van der Waals surface area contributed by atoms with Gasteiger partial charge in [0.05, 0.1) is 24.4 Å². The first kappa shape index (κ1) is 20.8. The first-order valence-electron chi connectivity index (χ1n) is 10.8. The Hall–Kier alpha value is -4.11. The second-order valence-corrected chi connectivity index (χ2v) is 7.72. The second kappa shape index (κ2) is 9.17. The van der Waals surface area contributed by atoms with Gasteiger partial charge in [-0.3, -0.25) is 0 Å². The SMILES string of the molecule is COc1ccccc1Nc1nc(Nc2ccc(N3CCNCC3)cc2)cc2cnnc(O)c12. The van der Waals surface area contributed by atoms with Crippen molar-refractivity contribution < 1.29 is 9.84 Å². The fraction of sp³-hybridized carbons (Fsp3) is 0.208. The molecule has 168 valence electrons. The number of nitrogens with zero attached hydrogens (tertiary/aromatic N) is 4. The lowest BCUT2D eigenvalue weighted by molar-refractivity contribution is 0.417. The van der Waals surface area contributed by atoms with Crippen LogP contribution in [-0.4, -0.2) is 53.6 Å². The minimum absolute atomic E-state index is 0.190. The van der Waals surface area contributed by atoms with Gasteiger partial charge in [0, 0.05) is 42.9 Å². The zero-order chi connectivity index (χ0) is 22.6. The molecule has 0 bridgehead atoms. The van der Waals surface area contributed by atoms with Crippen LogP contribution in [-0.2, 0) is 0 Å². The van der Waals surface area contributed by atoms with Gasteiger partial charge in [-0.25, -0.2) is 4.98 Å². The van der Waals surface area contributed by atoms with E-state index in [1.807, 2.05) is 42.5 Å². The number of piperazine rings is 1. The maximum absolute atomic E-state index is 10.4. The van der Waals surface area contributed by atoms with Gasteiger partial charge in [-0.05, 0) is 42.5 Å². The smallest absolute Gasteiger partial charge is 0.242 e. The third-order valence-electron chi connectivity index (χ3n) is 5.60. The van der Waals surface area contributed by atoms with Crippen LogP contribution in [0.4, 0.5) is 28.7 Å². The fourth-order valence-electron chi connectivity index (χ4n) is 3.95. The van der Waals surface area contributed by atoms with Crippen LogP contribution >= 0.6 is 0 Å². The van der Waals surface area contributed by atoms with Gasteiger partial charge in [-0.1, -0.05) is 12.1 Å². The Morgan fingerprint density at radius 2 is 1.82 bits per heavy atom. The summed E-state index contributed by atoms with van der Waals surface area (Å²) in [5.74, 6) is 1.53. The molecule has 9 nitrogen and oxygen atoms in total. The Balaban J connectivity index is 1.46. The van der Waals surface area contributed by atoms with Crippen molar-refractivity contribution in [2.75, 3.05) is 48.8 Å². The number of hydrogen-bond acceptors (Lipinski definition) is 9. The molecule has 2 aromatic heterocycles. The normalized spacial score (nSPS) is 13.7. The van der Waals surface area contributed by atoms with E-state index in [1.165, 1.54) is 5.69 Å². The number of anilines is 5. The summed E-state index contributed by atoms with van der Waals surface area (Å²) in [4.78, 5) is 7.08. The van der Waals surface area contributed by atoms with Crippen LogP contribution < -0.4 is 25.6 Å². The van der Waals surface area contributed by atoms with Crippen LogP contribution in [0.1, 0.15) is 0 Å². The molecule has 3 heterocycles. The highest BCUT2D eigenvalue weighted by molar-refractivity contribution is 5.98. The number of nitrogens with one attached hydrogen (secondary N) is 3. The highest BCUT2D eigenvalue weighted by Crippen LogP contribution is 2.35. The van der Waals surface area contributed by atoms with Crippen molar-refractivity contribution in [2.24, 2.45) is 0 Å². The van der Waals surface area contributed by atoms with Gasteiger partial charge in [-0.2, -0.15) is 5.10 Å². The van der Waals surface area contributed by atoms with Crippen LogP contribution in [0.25, 0.3) is 10.8 Å². The van der Waals surface area contributed by atoms with Gasteiger partial charge in [0.15, 0.2) is 0 Å². The van der Waals surface area contributed by atoms with Crippen LogP contribution in [0.5, 0.6) is 11.6 Å². The van der Waals surface area contributed by atoms with E-state index in [4.69, 9.17) is 9.72 Å². The van der Waals surface area contributed by atoms with Gasteiger partial charge in [0.2, 0.25) is 5.88 Å². The lowest BCUT2D eigenvalue weighted by atomic mass is 10.2. The summed E-state index contributed by atoms with van der Waals surface area (Å²) in [6.45, 7) is 4.00. The maximum Gasteiger partial charge on any atom is 0.242 e. The van der Waals surface area contributed by atoms with Gasteiger partial charge in [0.25, 0.3) is 0 Å². The molecule has 1 saturated heterocycles. The highest BCUT2D eigenvalue weighted by atomic mass is 16.5. The van der Waals surface area contributed by atoms with E-state index in [1.54, 1.807) is 13.3 Å². The third kappa shape index (κ3) is 4.44. The van der Waals surface area contributed by atoms with E-state index in [2.05, 4.69) is 43.2 Å². The third-order valence-corrected chi connectivity index (χ3v) is 5.60. The van der Waals surface area contributed by atoms with Gasteiger partial charge >= 0.3 is 0 Å². The first-order valence-corrected chi connectivity index (χ1v) is 10.8. The average Bonchev–Trinajstić information content (AvgIpc) is 2.85. The molecule has 33 heavy (non-hydrogen) atoms. The summed E-state index contributed by atoms with van der Waals surface area (Å²) >= 11 is 0. The van der Waals surface area contributed by atoms with E-state index in [0.717, 1.165) is 37.6 Å². The Morgan fingerprint density at radius 1 is 1.03 bits per heavy atom. The number of fused-ring (bicyclic) bond motifs is 1. The van der Waals surface area contributed by atoms with Crippen LogP contribution in [0.15, 0.2) is 60.8 Å². The summed E-state index contributed by atoms with van der Waals surface area (Å²) < 4.78 is 5.44. The Labute approximate surface area is 191 Å². The van der Waals surface area contributed by atoms with Crippen molar-refractivity contribution in [1.29, 1.82) is 0 Å². The summed E-state index contributed by atoms with van der Waals surface area (Å²) in [6.07, 6.45) is 1.60. The molecule has 4 N–H and O–H groups in total. The molecule has 0 saturated carbocycles. The lowest BCUT2D eigenvalue weighted by Gasteiger charge is -2.29. The van der Waals surface area contributed by atoms with Crippen molar-refractivity contribution in [3.8, 4) is 11.6 Å². The van der Waals surface area contributed by atoms with Crippen LogP contribution in [0.2, 0.25) is 0 Å².